The summed E-state index contributed by atoms with van der Waals surface area (Å²) >= 11 is 25.0. The number of amides is 2. The molecule has 0 aliphatic rings. The Kier molecular flexibility index (Phi) is 9.95. The van der Waals surface area contributed by atoms with Gasteiger partial charge in [-0.05, 0) is 55.8 Å². The molecular weight excluding hydrogens is 592 g/mol. The van der Waals surface area contributed by atoms with Gasteiger partial charge >= 0.3 is 0 Å². The number of sulfonamides is 1. The van der Waals surface area contributed by atoms with E-state index >= 15 is 0 Å². The number of nitrogens with one attached hydrogen (secondary N) is 1. The molecule has 0 aromatic heterocycles. The first-order valence-corrected chi connectivity index (χ1v) is 14.3. The first-order valence-electron chi connectivity index (χ1n) is 11.3. The molecule has 38 heavy (non-hydrogen) atoms. The molecule has 0 heterocycles. The van der Waals surface area contributed by atoms with Crippen LogP contribution in [0.15, 0.2) is 65.6 Å². The molecule has 3 aromatic carbocycles. The summed E-state index contributed by atoms with van der Waals surface area (Å²) in [5.74, 6) is -1.11. The number of hydrogen-bond donors (Lipinski definition) is 1. The number of halogens is 4. The van der Waals surface area contributed by atoms with Crippen molar-refractivity contribution < 1.29 is 18.0 Å². The molecule has 7 nitrogen and oxygen atoms in total. The van der Waals surface area contributed by atoms with E-state index in [1.165, 1.54) is 55.3 Å². The third-order valence-electron chi connectivity index (χ3n) is 5.86. The summed E-state index contributed by atoms with van der Waals surface area (Å²) in [6.07, 6.45) is 0. The Morgan fingerprint density at radius 3 is 2.21 bits per heavy atom. The predicted molar refractivity (Wildman–Crippen MR) is 153 cm³/mol. The SMILES string of the molecule is CNC(=O)C(C)N(Cc1ccc(Cl)cc1Cl)C(=O)CN(c1cccc(Cl)c1Cl)S(=O)(=O)c1ccc(C)cc1. The largest absolute Gasteiger partial charge is 0.357 e. The van der Waals surface area contributed by atoms with Crippen LogP contribution in [0.25, 0.3) is 0 Å². The van der Waals surface area contributed by atoms with Crippen LogP contribution in [0.4, 0.5) is 5.69 Å². The highest BCUT2D eigenvalue weighted by atomic mass is 35.5. The van der Waals surface area contributed by atoms with E-state index in [4.69, 9.17) is 46.4 Å². The van der Waals surface area contributed by atoms with Crippen molar-refractivity contribution in [2.75, 3.05) is 17.9 Å². The Morgan fingerprint density at radius 1 is 0.947 bits per heavy atom. The van der Waals surface area contributed by atoms with E-state index < -0.39 is 34.4 Å². The van der Waals surface area contributed by atoms with E-state index in [0.717, 1.165) is 9.87 Å². The van der Waals surface area contributed by atoms with Crippen LogP contribution in [0, 0.1) is 6.92 Å². The number of likely N-dealkylation sites (N-methyl/N-ethyl adjacent to an activating group) is 1. The monoisotopic (exact) mass is 615 g/mol. The van der Waals surface area contributed by atoms with Crippen LogP contribution in [0.5, 0.6) is 0 Å². The Labute approximate surface area is 242 Å². The Balaban J connectivity index is 2.09. The van der Waals surface area contributed by atoms with Crippen LogP contribution in [-0.4, -0.2) is 44.8 Å². The van der Waals surface area contributed by atoms with Gasteiger partial charge in [-0.25, -0.2) is 8.42 Å². The highest BCUT2D eigenvalue weighted by Crippen LogP contribution is 2.35. The zero-order chi connectivity index (χ0) is 28.2. The van der Waals surface area contributed by atoms with Gasteiger partial charge in [0.25, 0.3) is 10.0 Å². The number of aryl methyl sites for hydroxylation is 1. The summed E-state index contributed by atoms with van der Waals surface area (Å²) in [5.41, 5.74) is 1.40. The molecule has 0 saturated carbocycles. The summed E-state index contributed by atoms with van der Waals surface area (Å²) in [6, 6.07) is 14.5. The minimum absolute atomic E-state index is 0.0187. The summed E-state index contributed by atoms with van der Waals surface area (Å²) in [5, 5.41) is 3.29. The smallest absolute Gasteiger partial charge is 0.264 e. The van der Waals surface area contributed by atoms with Crippen molar-refractivity contribution in [3.8, 4) is 0 Å². The van der Waals surface area contributed by atoms with E-state index in [1.54, 1.807) is 24.3 Å². The fourth-order valence-electron chi connectivity index (χ4n) is 3.66. The summed E-state index contributed by atoms with van der Waals surface area (Å²) in [7, 11) is -2.84. The first kappa shape index (κ1) is 30.1. The highest BCUT2D eigenvalue weighted by Gasteiger charge is 2.33. The molecule has 3 rings (SSSR count). The average Bonchev–Trinajstić information content (AvgIpc) is 2.88. The van der Waals surface area contributed by atoms with Gasteiger partial charge in [0, 0.05) is 23.6 Å². The average molecular weight is 617 g/mol. The predicted octanol–water partition coefficient (Wildman–Crippen LogP) is 5.97. The molecule has 0 aliphatic heterocycles. The number of nitrogens with zero attached hydrogens (tertiary/aromatic N) is 2. The van der Waals surface area contributed by atoms with E-state index in [1.807, 2.05) is 6.92 Å². The number of carbonyl (C=O) groups excluding carboxylic acids is 2. The van der Waals surface area contributed by atoms with Gasteiger partial charge in [-0.2, -0.15) is 0 Å². The molecule has 0 bridgehead atoms. The van der Waals surface area contributed by atoms with Crippen molar-refractivity contribution in [1.82, 2.24) is 10.2 Å². The zero-order valence-electron chi connectivity index (χ0n) is 20.7. The van der Waals surface area contributed by atoms with Crippen molar-refractivity contribution in [2.45, 2.75) is 31.3 Å². The van der Waals surface area contributed by atoms with E-state index in [9.17, 15) is 18.0 Å². The number of benzene rings is 3. The van der Waals surface area contributed by atoms with Crippen LogP contribution >= 0.6 is 46.4 Å². The Bertz CT molecular complexity index is 1450. The van der Waals surface area contributed by atoms with Gasteiger partial charge in [0.05, 0.1) is 20.6 Å². The lowest BCUT2D eigenvalue weighted by Gasteiger charge is -2.32. The van der Waals surface area contributed by atoms with Crippen LogP contribution in [0.3, 0.4) is 0 Å². The van der Waals surface area contributed by atoms with Crippen LogP contribution in [0.2, 0.25) is 20.1 Å². The molecule has 12 heteroatoms. The quantitative estimate of drug-likeness (QED) is 0.321. The zero-order valence-corrected chi connectivity index (χ0v) is 24.6. The van der Waals surface area contributed by atoms with Crippen LogP contribution in [-0.2, 0) is 26.2 Å². The Morgan fingerprint density at radius 2 is 1.61 bits per heavy atom. The minimum Gasteiger partial charge on any atom is -0.357 e. The lowest BCUT2D eigenvalue weighted by atomic mass is 10.1. The molecule has 3 aromatic rings. The third-order valence-corrected chi connectivity index (χ3v) is 9.03. The number of hydrogen-bond acceptors (Lipinski definition) is 4. The fraction of sp³-hybridized carbons (Fsp3) is 0.231. The molecule has 0 fully saturated rings. The normalized spacial score (nSPS) is 12.1. The van der Waals surface area contributed by atoms with Crippen molar-refractivity contribution in [3.63, 3.8) is 0 Å². The molecule has 2 amide bonds. The molecule has 1 unspecified atom stereocenters. The molecule has 0 spiro atoms. The lowest BCUT2D eigenvalue weighted by Crippen LogP contribution is -2.50. The van der Waals surface area contributed by atoms with E-state index in [2.05, 4.69) is 5.32 Å². The maximum absolute atomic E-state index is 13.8. The summed E-state index contributed by atoms with van der Waals surface area (Å²) in [4.78, 5) is 27.6. The maximum Gasteiger partial charge on any atom is 0.264 e. The van der Waals surface area contributed by atoms with Gasteiger partial charge in [0.1, 0.15) is 12.6 Å². The second-order valence-electron chi connectivity index (χ2n) is 8.45. The molecule has 202 valence electrons. The number of rotatable bonds is 9. The fourth-order valence-corrected chi connectivity index (χ4v) is 6.00. The van der Waals surface area contributed by atoms with E-state index in [-0.39, 0.29) is 27.2 Å². The van der Waals surface area contributed by atoms with Gasteiger partial charge in [-0.1, -0.05) is 76.2 Å². The Hall–Kier alpha value is -2.49. The third kappa shape index (κ3) is 6.74. The van der Waals surface area contributed by atoms with Crippen molar-refractivity contribution >= 4 is 73.9 Å². The summed E-state index contributed by atoms with van der Waals surface area (Å²) in [6.45, 7) is 2.62. The number of carbonyl (C=O) groups is 2. The second-order valence-corrected chi connectivity index (χ2v) is 11.9. The van der Waals surface area contributed by atoms with Gasteiger partial charge in [0.15, 0.2) is 0 Å². The van der Waals surface area contributed by atoms with Gasteiger partial charge in [-0.15, -0.1) is 0 Å². The first-order chi connectivity index (χ1) is 17.9. The van der Waals surface area contributed by atoms with Gasteiger partial charge < -0.3 is 10.2 Å². The minimum atomic E-state index is -4.28. The number of anilines is 1. The molecule has 1 atom stereocenters. The standard InChI is InChI=1S/C26H25Cl4N3O4S/c1-16-7-11-20(12-8-16)38(36,37)33(23-6-4-5-21(28)25(23)30)15-24(34)32(17(2)26(35)31-3)14-18-9-10-19(27)13-22(18)29/h4-13,17H,14-15H2,1-3H3,(H,31,35). The van der Waals surface area contributed by atoms with Crippen LogP contribution < -0.4 is 9.62 Å². The summed E-state index contributed by atoms with van der Waals surface area (Å²) < 4.78 is 28.5. The van der Waals surface area contributed by atoms with E-state index in [0.29, 0.717) is 15.6 Å². The highest BCUT2D eigenvalue weighted by molar-refractivity contribution is 7.92. The van der Waals surface area contributed by atoms with Crippen molar-refractivity contribution in [1.29, 1.82) is 0 Å². The van der Waals surface area contributed by atoms with Crippen LogP contribution in [0.1, 0.15) is 18.1 Å². The topological polar surface area (TPSA) is 86.8 Å². The molecule has 0 saturated heterocycles. The molecule has 0 radical (unpaired) electrons. The van der Waals surface area contributed by atoms with Crippen molar-refractivity contribution in [3.05, 3.63) is 91.9 Å². The maximum atomic E-state index is 13.8. The molecule has 1 N–H and O–H groups in total. The second kappa shape index (κ2) is 12.6. The lowest BCUT2D eigenvalue weighted by molar-refractivity contribution is -0.139. The molecular formula is C26H25Cl4N3O4S. The van der Waals surface area contributed by atoms with Gasteiger partial charge in [0.2, 0.25) is 11.8 Å². The molecule has 0 aliphatic carbocycles. The van der Waals surface area contributed by atoms with Gasteiger partial charge in [-0.3, -0.25) is 13.9 Å². The van der Waals surface area contributed by atoms with Crippen molar-refractivity contribution in [2.24, 2.45) is 0 Å².